The smallest absolute Gasteiger partial charge is 0.744 e. The largest absolute Gasteiger partial charge is 2.00 e. The van der Waals surface area contributed by atoms with Gasteiger partial charge in [-0.15, -0.1) is 0 Å². The third-order valence-electron chi connectivity index (χ3n) is 11.0. The normalized spacial score (nSPS) is 11.8. The average molecular weight is 945 g/mol. The van der Waals surface area contributed by atoms with Crippen molar-refractivity contribution in [2.75, 3.05) is 0 Å². The van der Waals surface area contributed by atoms with E-state index < -0.39 is 20.2 Å². The second-order valence-electron chi connectivity index (χ2n) is 15.8. The van der Waals surface area contributed by atoms with Gasteiger partial charge in [-0.25, -0.2) is 16.8 Å². The van der Waals surface area contributed by atoms with E-state index in [9.17, 15) is 25.9 Å². The Bertz CT molecular complexity index is 1830. The minimum Gasteiger partial charge on any atom is -0.744 e. The molecule has 0 amide bonds. The maximum Gasteiger partial charge on any atom is 2.00 e. The minimum absolute atomic E-state index is 0. The predicted octanol–water partition coefficient (Wildman–Crippen LogP) is 13.2. The Balaban J connectivity index is 0.000000387. The van der Waals surface area contributed by atoms with Crippen LogP contribution in [0.4, 0.5) is 0 Å². The van der Waals surface area contributed by atoms with Gasteiger partial charge in [0.05, 0.1) is 9.79 Å². The summed E-state index contributed by atoms with van der Waals surface area (Å²) in [6.07, 6.45) is 27.6. The Kier molecular flexibility index (Phi) is 25.8. The number of hydrogen-bond acceptors (Lipinski definition) is 6. The fraction of sp³-hybridized carbons (Fsp3) is 0.583. The Labute approximate surface area is 387 Å². The van der Waals surface area contributed by atoms with Crippen molar-refractivity contribution < 1.29 is 25.9 Å². The van der Waals surface area contributed by atoms with Crippen molar-refractivity contribution in [3.63, 3.8) is 0 Å². The Hall–Kier alpha value is -1.21. The van der Waals surface area contributed by atoms with Crippen LogP contribution in [0.25, 0.3) is 21.5 Å². The van der Waals surface area contributed by atoms with Gasteiger partial charge in [0.25, 0.3) is 0 Å². The van der Waals surface area contributed by atoms with Gasteiger partial charge in [-0.1, -0.05) is 167 Å². The van der Waals surface area contributed by atoms with Crippen LogP contribution in [0.3, 0.4) is 0 Å². The fourth-order valence-electron chi connectivity index (χ4n) is 7.65. The summed E-state index contributed by atoms with van der Waals surface area (Å²) in [4.78, 5) is -0.188. The molecule has 0 heterocycles. The standard InChI is InChI=1S/2C24H36O3S.Ba/c2*1-3-5-7-9-11-13-20-15-16-24-21(14-12-10-8-6-4-2)18-23(28(25,26)27)19-22(24)17-20;/h2*15-19H,3-14H2,1-2H3,(H,25,26,27);/q;;+2/p-2. The van der Waals surface area contributed by atoms with E-state index in [0.717, 1.165) is 96.9 Å². The van der Waals surface area contributed by atoms with Crippen LogP contribution in [-0.2, 0) is 45.9 Å². The third-order valence-corrected chi connectivity index (χ3v) is 12.6. The SMILES string of the molecule is CCCCCCCc1ccc2c(CCCCCCC)cc(S(=O)(=O)[O-])cc2c1.CCCCCCCc1ccc2c(CCCCCCC)cc(S(=O)(=O)[O-])cc2c1.[Ba+2]. The maximum atomic E-state index is 11.6. The van der Waals surface area contributed by atoms with Crippen LogP contribution in [0.15, 0.2) is 70.5 Å². The van der Waals surface area contributed by atoms with Gasteiger partial charge in [0.2, 0.25) is 0 Å². The first-order chi connectivity index (χ1) is 26.9. The molecule has 0 fully saturated rings. The third kappa shape index (κ3) is 19.4. The summed E-state index contributed by atoms with van der Waals surface area (Å²) in [5, 5.41) is 3.92. The van der Waals surface area contributed by atoms with Gasteiger partial charge in [0, 0.05) is 0 Å². The maximum absolute atomic E-state index is 11.6. The van der Waals surface area contributed by atoms with Crippen LogP contribution in [-0.4, -0.2) is 74.8 Å². The molecule has 0 saturated carbocycles. The van der Waals surface area contributed by atoms with Gasteiger partial charge in [-0.2, -0.15) is 0 Å². The molecule has 9 heteroatoms. The average Bonchev–Trinajstić information content (AvgIpc) is 3.16. The van der Waals surface area contributed by atoms with Gasteiger partial charge < -0.3 is 9.11 Å². The van der Waals surface area contributed by atoms with Crippen molar-refractivity contribution in [2.45, 2.75) is 192 Å². The number of aryl methyl sites for hydroxylation is 4. The molecule has 0 radical (unpaired) electrons. The second-order valence-corrected chi connectivity index (χ2v) is 18.6. The predicted molar refractivity (Wildman–Crippen MR) is 239 cm³/mol. The van der Waals surface area contributed by atoms with E-state index in [4.69, 9.17) is 0 Å². The van der Waals surface area contributed by atoms with Crippen molar-refractivity contribution in [1.82, 2.24) is 0 Å². The van der Waals surface area contributed by atoms with Gasteiger partial charge in [0.1, 0.15) is 20.2 Å². The molecule has 0 aliphatic heterocycles. The van der Waals surface area contributed by atoms with E-state index in [-0.39, 0.29) is 58.7 Å². The van der Waals surface area contributed by atoms with E-state index in [1.807, 2.05) is 0 Å². The van der Waals surface area contributed by atoms with Gasteiger partial charge in [-0.3, -0.25) is 0 Å². The minimum atomic E-state index is -4.45. The van der Waals surface area contributed by atoms with Crippen LogP contribution >= 0.6 is 0 Å². The molecule has 0 N–H and O–H groups in total. The molecule has 0 aliphatic carbocycles. The van der Waals surface area contributed by atoms with Crippen LogP contribution in [0.1, 0.15) is 178 Å². The van der Waals surface area contributed by atoms with Crippen molar-refractivity contribution in [3.05, 3.63) is 82.9 Å². The van der Waals surface area contributed by atoms with Gasteiger partial charge >= 0.3 is 48.9 Å². The number of rotatable bonds is 26. The van der Waals surface area contributed by atoms with E-state index >= 15 is 0 Å². The van der Waals surface area contributed by atoms with E-state index in [0.29, 0.717) is 0 Å². The van der Waals surface area contributed by atoms with Crippen LogP contribution < -0.4 is 0 Å². The first-order valence-corrected chi connectivity index (χ1v) is 24.8. The first kappa shape index (κ1) is 51.9. The quantitative estimate of drug-likeness (QED) is 0.0352. The number of fused-ring (bicyclic) bond motifs is 2. The number of hydrogen-bond donors (Lipinski definition) is 0. The second kappa shape index (κ2) is 28.3. The van der Waals surface area contributed by atoms with Gasteiger partial charge in [-0.05, 0) is 119 Å². The molecule has 6 nitrogen and oxygen atoms in total. The van der Waals surface area contributed by atoms with Crippen LogP contribution in [0, 0.1) is 0 Å². The molecule has 0 aliphatic rings. The number of unbranched alkanes of at least 4 members (excludes halogenated alkanes) is 16. The van der Waals surface area contributed by atoms with E-state index in [2.05, 4.69) is 64.1 Å². The molecule has 4 aromatic rings. The Morgan fingerprint density at radius 1 is 0.386 bits per heavy atom. The summed E-state index contributed by atoms with van der Waals surface area (Å²) < 4.78 is 69.9. The Morgan fingerprint density at radius 3 is 0.982 bits per heavy atom. The van der Waals surface area contributed by atoms with Crippen LogP contribution in [0.2, 0.25) is 0 Å². The zero-order valence-electron chi connectivity index (χ0n) is 35.7. The molecule has 4 aromatic carbocycles. The Morgan fingerprint density at radius 2 is 0.684 bits per heavy atom. The molecule has 4 rings (SSSR count). The number of benzene rings is 4. The van der Waals surface area contributed by atoms with E-state index in [1.165, 1.54) is 101 Å². The molecule has 0 aromatic heterocycles. The molecule has 0 atom stereocenters. The molecule has 0 unspecified atom stereocenters. The zero-order valence-corrected chi connectivity index (χ0v) is 41.8. The summed E-state index contributed by atoms with van der Waals surface area (Å²) >= 11 is 0. The fourth-order valence-corrected chi connectivity index (χ4v) is 8.77. The summed E-state index contributed by atoms with van der Waals surface area (Å²) in [7, 11) is -8.89. The van der Waals surface area contributed by atoms with Gasteiger partial charge in [0.15, 0.2) is 0 Å². The topological polar surface area (TPSA) is 114 Å². The molecule has 0 spiro atoms. The van der Waals surface area contributed by atoms with Crippen molar-refractivity contribution in [2.24, 2.45) is 0 Å². The molecule has 57 heavy (non-hydrogen) atoms. The van der Waals surface area contributed by atoms with Crippen molar-refractivity contribution >= 4 is 90.7 Å². The molecule has 0 bridgehead atoms. The molecule has 0 saturated heterocycles. The summed E-state index contributed by atoms with van der Waals surface area (Å²) in [5.41, 5.74) is 4.41. The molecular weight excluding hydrogens is 874 g/mol. The van der Waals surface area contributed by atoms with Crippen LogP contribution in [0.5, 0.6) is 0 Å². The molecular formula is C48H70BaO6S2. The van der Waals surface area contributed by atoms with E-state index in [1.54, 1.807) is 24.3 Å². The summed E-state index contributed by atoms with van der Waals surface area (Å²) in [6.45, 7) is 8.81. The monoisotopic (exact) mass is 944 g/mol. The zero-order chi connectivity index (χ0) is 40.8. The molecule has 312 valence electrons. The summed E-state index contributed by atoms with van der Waals surface area (Å²) in [5.74, 6) is 0. The first-order valence-electron chi connectivity index (χ1n) is 21.9. The van der Waals surface area contributed by atoms with Crippen molar-refractivity contribution in [3.8, 4) is 0 Å². The van der Waals surface area contributed by atoms with Crippen molar-refractivity contribution in [1.29, 1.82) is 0 Å². The summed E-state index contributed by atoms with van der Waals surface area (Å²) in [6, 6.07) is 19.0.